The molecule has 1 N–H and O–H groups in total. The van der Waals surface area contributed by atoms with Gasteiger partial charge in [0.2, 0.25) is 10.0 Å². The number of fused-ring (bicyclic) bond motifs is 1. The minimum absolute atomic E-state index is 0.169. The summed E-state index contributed by atoms with van der Waals surface area (Å²) in [6, 6.07) is 4.48. The fraction of sp³-hybridized carbons (Fsp3) is 0.474. The number of alkyl halides is 2. The molecule has 1 saturated heterocycles. The van der Waals surface area contributed by atoms with Crippen molar-refractivity contribution in [3.8, 4) is 11.4 Å². The second kappa shape index (κ2) is 7.67. The normalized spacial score (nSPS) is 20.4. The molecule has 0 aromatic carbocycles. The third kappa shape index (κ3) is 4.27. The highest BCUT2D eigenvalue weighted by Gasteiger charge is 2.50. The van der Waals surface area contributed by atoms with Crippen LogP contribution in [0.4, 0.5) is 14.6 Å². The second-order valence-corrected chi connectivity index (χ2v) is 9.99. The lowest BCUT2D eigenvalue weighted by Crippen LogP contribution is -2.53. The van der Waals surface area contributed by atoms with E-state index in [2.05, 4.69) is 24.8 Å². The van der Waals surface area contributed by atoms with Gasteiger partial charge < -0.3 is 9.64 Å². The Labute approximate surface area is 182 Å². The molecule has 1 atom stereocenters. The van der Waals surface area contributed by atoms with Crippen LogP contribution in [0.1, 0.15) is 25.0 Å². The minimum atomic E-state index is -3.33. The van der Waals surface area contributed by atoms with E-state index in [-0.39, 0.29) is 23.9 Å². The van der Waals surface area contributed by atoms with Crippen molar-refractivity contribution in [2.24, 2.45) is 0 Å². The highest BCUT2D eigenvalue weighted by Crippen LogP contribution is 2.44. The molecule has 1 spiro atoms. The smallest absolute Gasteiger partial charge is 0.282 e. The van der Waals surface area contributed by atoms with Crippen molar-refractivity contribution in [1.29, 1.82) is 0 Å². The zero-order chi connectivity index (χ0) is 22.5. The maximum atomic E-state index is 13.1. The first-order valence-electron chi connectivity index (χ1n) is 10.0. The fourth-order valence-electron chi connectivity index (χ4n) is 3.87. The van der Waals surface area contributed by atoms with Gasteiger partial charge in [-0.3, -0.25) is 0 Å². The van der Waals surface area contributed by atoms with Gasteiger partial charge in [-0.15, -0.1) is 0 Å². The molecule has 1 unspecified atom stereocenters. The van der Waals surface area contributed by atoms with Crippen molar-refractivity contribution in [3.63, 3.8) is 0 Å². The average molecular weight is 465 g/mol. The maximum absolute atomic E-state index is 13.1. The molecule has 5 rings (SSSR count). The van der Waals surface area contributed by atoms with Crippen LogP contribution in [0.25, 0.3) is 17.0 Å². The summed E-state index contributed by atoms with van der Waals surface area (Å²) >= 11 is 0. The lowest BCUT2D eigenvalue weighted by Gasteiger charge is -2.39. The Morgan fingerprint density at radius 1 is 1.28 bits per heavy atom. The summed E-state index contributed by atoms with van der Waals surface area (Å²) in [5.74, 6) is 0.633. The van der Waals surface area contributed by atoms with Crippen LogP contribution in [0.5, 0.6) is 0 Å². The molecular weight excluding hydrogens is 444 g/mol. The number of ether oxygens (including phenoxy) is 1. The Kier molecular flexibility index (Phi) is 5.06. The van der Waals surface area contributed by atoms with E-state index in [1.165, 1.54) is 29.2 Å². The Balaban J connectivity index is 1.44. The van der Waals surface area contributed by atoms with E-state index in [4.69, 9.17) is 4.74 Å². The van der Waals surface area contributed by atoms with Crippen LogP contribution in [0.15, 0.2) is 30.7 Å². The highest BCUT2D eigenvalue weighted by molar-refractivity contribution is 7.88. The first-order valence-corrected chi connectivity index (χ1v) is 11.9. The van der Waals surface area contributed by atoms with Gasteiger partial charge in [0.25, 0.3) is 6.43 Å². The second-order valence-electron chi connectivity index (χ2n) is 8.16. The van der Waals surface area contributed by atoms with Crippen LogP contribution in [-0.2, 0) is 14.8 Å². The van der Waals surface area contributed by atoms with Crippen LogP contribution in [0.3, 0.4) is 0 Å². The first-order chi connectivity index (χ1) is 15.2. The third-order valence-corrected chi connectivity index (χ3v) is 6.24. The van der Waals surface area contributed by atoms with Gasteiger partial charge in [-0.25, -0.2) is 41.4 Å². The predicted molar refractivity (Wildman–Crippen MR) is 111 cm³/mol. The van der Waals surface area contributed by atoms with Crippen molar-refractivity contribution in [3.05, 3.63) is 36.4 Å². The van der Waals surface area contributed by atoms with Crippen LogP contribution in [0.2, 0.25) is 0 Å². The largest absolute Gasteiger partial charge is 0.367 e. The monoisotopic (exact) mass is 465 g/mol. The topological polar surface area (TPSA) is 115 Å². The number of nitrogens with zero attached hydrogens (tertiary/aromatic N) is 6. The Hall–Kier alpha value is -2.77. The van der Waals surface area contributed by atoms with Crippen molar-refractivity contribution in [2.75, 3.05) is 30.8 Å². The van der Waals surface area contributed by atoms with Crippen molar-refractivity contribution >= 4 is 21.5 Å². The number of nitrogens with one attached hydrogen (secondary N) is 1. The molecule has 1 saturated carbocycles. The molecule has 32 heavy (non-hydrogen) atoms. The maximum Gasteiger partial charge on any atom is 0.282 e. The van der Waals surface area contributed by atoms with Gasteiger partial charge in [-0.2, -0.15) is 5.10 Å². The molecule has 2 fully saturated rings. The lowest BCUT2D eigenvalue weighted by atomic mass is 10.2. The first kappa shape index (κ1) is 21.1. The Morgan fingerprint density at radius 2 is 2.09 bits per heavy atom. The van der Waals surface area contributed by atoms with E-state index in [1.54, 1.807) is 6.07 Å². The fourth-order valence-corrected chi connectivity index (χ4v) is 4.35. The van der Waals surface area contributed by atoms with Crippen LogP contribution < -0.4 is 9.62 Å². The summed E-state index contributed by atoms with van der Waals surface area (Å²) in [7, 11) is -3.33. The average Bonchev–Trinajstić information content (AvgIpc) is 3.35. The molecule has 1 aliphatic heterocycles. The number of sulfonamides is 1. The molecule has 0 bridgehead atoms. The van der Waals surface area contributed by atoms with Crippen molar-refractivity contribution < 1.29 is 21.9 Å². The van der Waals surface area contributed by atoms with Gasteiger partial charge in [0.15, 0.2) is 5.65 Å². The number of hydrogen-bond donors (Lipinski definition) is 1. The van der Waals surface area contributed by atoms with Gasteiger partial charge in [-0.05, 0) is 25.0 Å². The molecule has 0 radical (unpaired) electrons. The van der Waals surface area contributed by atoms with E-state index in [0.717, 1.165) is 19.1 Å². The number of aromatic nitrogens is 5. The quantitative estimate of drug-likeness (QED) is 0.581. The van der Waals surface area contributed by atoms with E-state index >= 15 is 0 Å². The van der Waals surface area contributed by atoms with E-state index < -0.39 is 16.4 Å². The standard InChI is InChI=1S/C19H21F2N7O3S/c1-32(29,30)25-7-12-9-27(10-19(31-12)4-5-19)17-6-14(23-11-24-17)15-8-22-16-3-2-13(18(20)21)26-28(15)16/h2-3,6,8,11-12,18,25H,4-5,7,9-10H2,1H3. The van der Waals surface area contributed by atoms with Crippen LogP contribution in [-0.4, -0.2) is 70.6 Å². The Bertz CT molecular complexity index is 1260. The van der Waals surface area contributed by atoms with Gasteiger partial charge in [-0.1, -0.05) is 0 Å². The summed E-state index contributed by atoms with van der Waals surface area (Å²) in [5, 5.41) is 3.99. The molecular formula is C19H21F2N7O3S. The lowest BCUT2D eigenvalue weighted by molar-refractivity contribution is -0.0401. The van der Waals surface area contributed by atoms with Crippen LogP contribution >= 0.6 is 0 Å². The van der Waals surface area contributed by atoms with Gasteiger partial charge >= 0.3 is 0 Å². The molecule has 10 nitrogen and oxygen atoms in total. The Morgan fingerprint density at radius 3 is 2.81 bits per heavy atom. The van der Waals surface area contributed by atoms with E-state index in [0.29, 0.717) is 35.9 Å². The summed E-state index contributed by atoms with van der Waals surface area (Å²) in [6.45, 7) is 1.24. The van der Waals surface area contributed by atoms with Gasteiger partial charge in [0, 0.05) is 25.7 Å². The molecule has 4 heterocycles. The van der Waals surface area contributed by atoms with E-state index in [9.17, 15) is 17.2 Å². The molecule has 0 amide bonds. The summed E-state index contributed by atoms with van der Waals surface area (Å²) < 4.78 is 59.2. The summed E-state index contributed by atoms with van der Waals surface area (Å²) in [5.41, 5.74) is 0.736. The van der Waals surface area contributed by atoms with Gasteiger partial charge in [0.05, 0.1) is 29.9 Å². The molecule has 13 heteroatoms. The number of anilines is 1. The SMILES string of the molecule is CS(=O)(=O)NCC1CN(c2cc(-c3cnc4ccc(C(F)F)nn34)ncn2)CC2(CC2)O1. The molecule has 3 aromatic heterocycles. The van der Waals surface area contributed by atoms with E-state index in [1.807, 2.05) is 4.90 Å². The van der Waals surface area contributed by atoms with Crippen molar-refractivity contribution in [2.45, 2.75) is 31.0 Å². The number of rotatable bonds is 6. The molecule has 2 aliphatic rings. The van der Waals surface area contributed by atoms with Crippen LogP contribution in [0, 0.1) is 0 Å². The number of morpholine rings is 1. The molecule has 170 valence electrons. The minimum Gasteiger partial charge on any atom is -0.367 e. The number of hydrogen-bond acceptors (Lipinski definition) is 8. The number of imidazole rings is 1. The van der Waals surface area contributed by atoms with Crippen molar-refractivity contribution in [1.82, 2.24) is 29.3 Å². The number of halogens is 2. The van der Waals surface area contributed by atoms with Gasteiger partial charge in [0.1, 0.15) is 23.5 Å². The highest BCUT2D eigenvalue weighted by atomic mass is 32.2. The zero-order valence-electron chi connectivity index (χ0n) is 17.1. The summed E-state index contributed by atoms with van der Waals surface area (Å²) in [6.07, 6.45) is 2.81. The zero-order valence-corrected chi connectivity index (χ0v) is 18.0. The molecule has 1 aliphatic carbocycles. The third-order valence-electron chi connectivity index (χ3n) is 5.55. The predicted octanol–water partition coefficient (Wildman–Crippen LogP) is 1.41. The molecule has 3 aromatic rings. The summed E-state index contributed by atoms with van der Waals surface area (Å²) in [4.78, 5) is 14.9.